The number of methoxy groups -OCH3 is 1. The second-order valence-electron chi connectivity index (χ2n) is 4.50. The van der Waals surface area contributed by atoms with Crippen LogP contribution in [0.1, 0.15) is 25.8 Å². The van der Waals surface area contributed by atoms with Gasteiger partial charge in [0.05, 0.1) is 7.11 Å². The van der Waals surface area contributed by atoms with Crippen molar-refractivity contribution < 1.29 is 4.74 Å². The van der Waals surface area contributed by atoms with Crippen molar-refractivity contribution in [2.75, 3.05) is 12.4 Å². The zero-order valence-electron chi connectivity index (χ0n) is 9.05. The van der Waals surface area contributed by atoms with Crippen molar-refractivity contribution in [2.45, 2.75) is 32.2 Å². The number of nitrogens with one attached hydrogen (secondary N) is 1. The molecule has 1 heterocycles. The van der Waals surface area contributed by atoms with E-state index in [1.807, 2.05) is 12.1 Å². The highest BCUT2D eigenvalue weighted by Crippen LogP contribution is 2.35. The van der Waals surface area contributed by atoms with E-state index in [1.54, 1.807) is 7.11 Å². The van der Waals surface area contributed by atoms with E-state index in [4.69, 9.17) is 4.74 Å². The summed E-state index contributed by atoms with van der Waals surface area (Å²) in [6.45, 7) is 4.46. The van der Waals surface area contributed by atoms with Crippen molar-refractivity contribution in [1.29, 1.82) is 0 Å². The van der Waals surface area contributed by atoms with Gasteiger partial charge in [-0.05, 0) is 38.8 Å². The molecule has 14 heavy (non-hydrogen) atoms. The lowest BCUT2D eigenvalue weighted by atomic mass is 9.89. The molecule has 0 amide bonds. The van der Waals surface area contributed by atoms with Crippen LogP contribution in [0.4, 0.5) is 5.69 Å². The van der Waals surface area contributed by atoms with Gasteiger partial charge in [0.25, 0.3) is 0 Å². The molecule has 1 aliphatic rings. The molecule has 0 atom stereocenters. The minimum absolute atomic E-state index is 0.208. The van der Waals surface area contributed by atoms with Crippen LogP contribution in [0.15, 0.2) is 18.2 Å². The fourth-order valence-electron chi connectivity index (χ4n) is 2.00. The molecule has 0 bridgehead atoms. The smallest absolute Gasteiger partial charge is 0.124 e. The Morgan fingerprint density at radius 1 is 1.36 bits per heavy atom. The van der Waals surface area contributed by atoms with Crippen LogP contribution in [0, 0.1) is 0 Å². The summed E-state index contributed by atoms with van der Waals surface area (Å²) >= 11 is 0. The first kappa shape index (κ1) is 9.38. The summed E-state index contributed by atoms with van der Waals surface area (Å²) in [5, 5.41) is 3.53. The molecule has 0 aliphatic carbocycles. The third-order valence-electron chi connectivity index (χ3n) is 2.83. The fourth-order valence-corrected chi connectivity index (χ4v) is 2.00. The Morgan fingerprint density at radius 2 is 2.14 bits per heavy atom. The van der Waals surface area contributed by atoms with Gasteiger partial charge < -0.3 is 10.1 Å². The van der Waals surface area contributed by atoms with Crippen molar-refractivity contribution in [3.8, 4) is 5.75 Å². The molecule has 2 heteroatoms. The Labute approximate surface area is 85.3 Å². The molecule has 1 N–H and O–H groups in total. The molecule has 76 valence electrons. The zero-order valence-corrected chi connectivity index (χ0v) is 9.05. The summed E-state index contributed by atoms with van der Waals surface area (Å²) in [7, 11) is 1.73. The van der Waals surface area contributed by atoms with Crippen LogP contribution in [0.2, 0.25) is 0 Å². The molecule has 1 aliphatic heterocycles. The molecule has 2 nitrogen and oxygen atoms in total. The maximum Gasteiger partial charge on any atom is 0.124 e. The van der Waals surface area contributed by atoms with E-state index in [-0.39, 0.29) is 5.54 Å². The summed E-state index contributed by atoms with van der Waals surface area (Å²) in [6.07, 6.45) is 2.25. The first-order chi connectivity index (χ1) is 6.62. The van der Waals surface area contributed by atoms with Crippen LogP contribution in [-0.2, 0) is 6.42 Å². The quantitative estimate of drug-likeness (QED) is 0.737. The highest BCUT2D eigenvalue weighted by molar-refractivity contribution is 5.60. The van der Waals surface area contributed by atoms with Crippen molar-refractivity contribution in [3.63, 3.8) is 0 Å². The molecule has 0 saturated heterocycles. The third-order valence-corrected chi connectivity index (χ3v) is 2.83. The van der Waals surface area contributed by atoms with Gasteiger partial charge in [-0.1, -0.05) is 6.07 Å². The average Bonchev–Trinajstić information content (AvgIpc) is 2.15. The average molecular weight is 191 g/mol. The van der Waals surface area contributed by atoms with Crippen molar-refractivity contribution in [2.24, 2.45) is 0 Å². The van der Waals surface area contributed by atoms with Gasteiger partial charge in [0.1, 0.15) is 5.75 Å². The van der Waals surface area contributed by atoms with E-state index >= 15 is 0 Å². The van der Waals surface area contributed by atoms with E-state index in [9.17, 15) is 0 Å². The summed E-state index contributed by atoms with van der Waals surface area (Å²) in [5.74, 6) is 1.01. The van der Waals surface area contributed by atoms with Gasteiger partial charge in [0, 0.05) is 16.8 Å². The number of rotatable bonds is 1. The standard InChI is InChI=1S/C12H17NO/c1-12(2)8-7-9-10(13-12)5-4-6-11(9)14-3/h4-6,13H,7-8H2,1-3H3. The van der Waals surface area contributed by atoms with Gasteiger partial charge in [-0.2, -0.15) is 0 Å². The Kier molecular flexibility index (Phi) is 2.14. The van der Waals surface area contributed by atoms with Gasteiger partial charge in [-0.3, -0.25) is 0 Å². The largest absolute Gasteiger partial charge is 0.496 e. The lowest BCUT2D eigenvalue weighted by Crippen LogP contribution is -2.35. The van der Waals surface area contributed by atoms with Crippen molar-refractivity contribution in [1.82, 2.24) is 0 Å². The van der Waals surface area contributed by atoms with Gasteiger partial charge in [0.15, 0.2) is 0 Å². The molecule has 1 aromatic carbocycles. The lowest BCUT2D eigenvalue weighted by molar-refractivity contribution is 0.403. The minimum Gasteiger partial charge on any atom is -0.496 e. The van der Waals surface area contributed by atoms with Crippen LogP contribution in [-0.4, -0.2) is 12.6 Å². The maximum atomic E-state index is 5.34. The Balaban J connectivity index is 2.40. The monoisotopic (exact) mass is 191 g/mol. The summed E-state index contributed by atoms with van der Waals surface area (Å²) < 4.78 is 5.34. The van der Waals surface area contributed by atoms with Crippen LogP contribution >= 0.6 is 0 Å². The maximum absolute atomic E-state index is 5.34. The molecule has 0 unspecified atom stereocenters. The molecule has 0 fully saturated rings. The highest BCUT2D eigenvalue weighted by Gasteiger charge is 2.25. The predicted molar refractivity (Wildman–Crippen MR) is 59.0 cm³/mol. The lowest BCUT2D eigenvalue weighted by Gasteiger charge is -2.34. The third kappa shape index (κ3) is 1.57. The van der Waals surface area contributed by atoms with Crippen LogP contribution in [0.5, 0.6) is 5.75 Å². The van der Waals surface area contributed by atoms with Crippen LogP contribution < -0.4 is 10.1 Å². The van der Waals surface area contributed by atoms with Gasteiger partial charge in [-0.15, -0.1) is 0 Å². The number of anilines is 1. The molecular formula is C12H17NO. The second-order valence-corrected chi connectivity index (χ2v) is 4.50. The normalized spacial score (nSPS) is 18.2. The summed E-state index contributed by atoms with van der Waals surface area (Å²) in [4.78, 5) is 0. The first-order valence-corrected chi connectivity index (χ1v) is 5.06. The molecule has 1 aromatic rings. The molecule has 0 spiro atoms. The molecule has 0 saturated carbocycles. The highest BCUT2D eigenvalue weighted by atomic mass is 16.5. The Hall–Kier alpha value is -1.18. The summed E-state index contributed by atoms with van der Waals surface area (Å²) in [6, 6.07) is 6.18. The zero-order chi connectivity index (χ0) is 10.2. The number of fused-ring (bicyclic) bond motifs is 1. The number of hydrogen-bond acceptors (Lipinski definition) is 2. The molecular weight excluding hydrogens is 174 g/mol. The second kappa shape index (κ2) is 3.19. The SMILES string of the molecule is COc1cccc2c1CCC(C)(C)N2. The first-order valence-electron chi connectivity index (χ1n) is 5.06. The van der Waals surface area contributed by atoms with Crippen LogP contribution in [0.3, 0.4) is 0 Å². The van der Waals surface area contributed by atoms with E-state index in [0.29, 0.717) is 0 Å². The van der Waals surface area contributed by atoms with Gasteiger partial charge in [0.2, 0.25) is 0 Å². The van der Waals surface area contributed by atoms with E-state index < -0.39 is 0 Å². The fraction of sp³-hybridized carbons (Fsp3) is 0.500. The van der Waals surface area contributed by atoms with Gasteiger partial charge in [-0.25, -0.2) is 0 Å². The van der Waals surface area contributed by atoms with E-state index in [1.165, 1.54) is 11.3 Å². The Morgan fingerprint density at radius 3 is 2.86 bits per heavy atom. The number of ether oxygens (including phenoxy) is 1. The topological polar surface area (TPSA) is 21.3 Å². The minimum atomic E-state index is 0.208. The van der Waals surface area contributed by atoms with Crippen molar-refractivity contribution >= 4 is 5.69 Å². The van der Waals surface area contributed by atoms with E-state index in [2.05, 4.69) is 25.2 Å². The number of hydrogen-bond donors (Lipinski definition) is 1. The molecule has 2 rings (SSSR count). The number of benzene rings is 1. The molecule has 0 aromatic heterocycles. The van der Waals surface area contributed by atoms with E-state index in [0.717, 1.165) is 18.6 Å². The molecule has 0 radical (unpaired) electrons. The van der Waals surface area contributed by atoms with Crippen LogP contribution in [0.25, 0.3) is 0 Å². The predicted octanol–water partition coefficient (Wildman–Crippen LogP) is 2.83. The Bertz CT molecular complexity index is 344. The van der Waals surface area contributed by atoms with Gasteiger partial charge >= 0.3 is 0 Å². The summed E-state index contributed by atoms with van der Waals surface area (Å²) in [5.41, 5.74) is 2.74. The van der Waals surface area contributed by atoms with Crippen molar-refractivity contribution in [3.05, 3.63) is 23.8 Å².